The van der Waals surface area contributed by atoms with Crippen LogP contribution in [0.2, 0.25) is 10.0 Å². The first-order chi connectivity index (χ1) is 12.4. The highest BCUT2D eigenvalue weighted by Gasteiger charge is 2.49. The van der Waals surface area contributed by atoms with Crippen LogP contribution in [0.25, 0.3) is 0 Å². The van der Waals surface area contributed by atoms with Crippen molar-refractivity contribution in [2.45, 2.75) is 18.2 Å². The van der Waals surface area contributed by atoms with Crippen LogP contribution in [0.15, 0.2) is 48.5 Å². The Balaban J connectivity index is 2.00. The van der Waals surface area contributed by atoms with Crippen molar-refractivity contribution in [3.05, 3.63) is 69.7 Å². The molecule has 1 heterocycles. The first-order valence-electron chi connectivity index (χ1n) is 7.97. The summed E-state index contributed by atoms with van der Waals surface area (Å²) in [7, 11) is 1.18. The van der Waals surface area contributed by atoms with Gasteiger partial charge in [-0.1, -0.05) is 47.5 Å². The number of ether oxygens (including phenoxy) is 1. The van der Waals surface area contributed by atoms with Crippen molar-refractivity contribution in [2.75, 3.05) is 13.7 Å². The summed E-state index contributed by atoms with van der Waals surface area (Å²) in [5, 5.41) is 11.4. The van der Waals surface area contributed by atoms with Crippen LogP contribution in [0.5, 0.6) is 0 Å². The van der Waals surface area contributed by atoms with Crippen molar-refractivity contribution in [3.8, 4) is 0 Å². The molecule has 2 aromatic carbocycles. The number of Topliss-reactive ketones (excluding diaryl/α,β-unsaturated/α-hetero) is 1. The first kappa shape index (κ1) is 18.9. The van der Waals surface area contributed by atoms with Crippen LogP contribution in [-0.4, -0.2) is 47.6 Å². The van der Waals surface area contributed by atoms with E-state index in [4.69, 9.17) is 23.2 Å². The molecule has 1 N–H and O–H groups in total. The van der Waals surface area contributed by atoms with Gasteiger partial charge in [-0.25, -0.2) is 4.79 Å². The fourth-order valence-electron chi connectivity index (χ4n) is 3.17. The predicted octanol–water partition coefficient (Wildman–Crippen LogP) is 2.87. The standard InChI is InChI=1S/C19H17Cl2NO4/c1-26-19(25)18(24)17-15(23)10-22(17)16(11-2-6-13(20)7-3-11)12-4-8-14(21)9-5-12/h2-9,16-18,24H,10H2,1H3. The maximum atomic E-state index is 12.1. The summed E-state index contributed by atoms with van der Waals surface area (Å²) in [6.45, 7) is 0.120. The Kier molecular flexibility index (Phi) is 5.63. The Hall–Kier alpha value is -1.92. The summed E-state index contributed by atoms with van der Waals surface area (Å²) in [6, 6.07) is 13.1. The zero-order valence-electron chi connectivity index (χ0n) is 13.9. The van der Waals surface area contributed by atoms with Gasteiger partial charge in [0.05, 0.1) is 19.7 Å². The number of likely N-dealkylation sites (tertiary alicyclic amines) is 1. The van der Waals surface area contributed by atoms with E-state index in [9.17, 15) is 14.7 Å². The van der Waals surface area contributed by atoms with Gasteiger partial charge in [0.1, 0.15) is 6.04 Å². The molecule has 2 unspecified atom stereocenters. The van der Waals surface area contributed by atoms with Crippen molar-refractivity contribution in [3.63, 3.8) is 0 Å². The van der Waals surface area contributed by atoms with Gasteiger partial charge in [0.25, 0.3) is 0 Å². The molecule has 0 radical (unpaired) electrons. The number of benzene rings is 2. The van der Waals surface area contributed by atoms with Gasteiger partial charge in [-0.15, -0.1) is 0 Å². The second-order valence-corrected chi connectivity index (χ2v) is 6.93. The summed E-state index contributed by atoms with van der Waals surface area (Å²) in [5.41, 5.74) is 1.76. The molecular weight excluding hydrogens is 377 g/mol. The van der Waals surface area contributed by atoms with Gasteiger partial charge in [0.2, 0.25) is 0 Å². The van der Waals surface area contributed by atoms with Crippen molar-refractivity contribution < 1.29 is 19.4 Å². The molecule has 5 nitrogen and oxygen atoms in total. The van der Waals surface area contributed by atoms with E-state index in [2.05, 4.69) is 4.74 Å². The lowest BCUT2D eigenvalue weighted by molar-refractivity contribution is -0.165. The highest BCUT2D eigenvalue weighted by Crippen LogP contribution is 2.36. The Morgan fingerprint density at radius 3 is 1.92 bits per heavy atom. The third-order valence-electron chi connectivity index (χ3n) is 4.47. The highest BCUT2D eigenvalue weighted by molar-refractivity contribution is 6.30. The van der Waals surface area contributed by atoms with Crippen molar-refractivity contribution >= 4 is 35.0 Å². The van der Waals surface area contributed by atoms with Crippen LogP contribution in [0.3, 0.4) is 0 Å². The Morgan fingerprint density at radius 1 is 1.08 bits per heavy atom. The average molecular weight is 394 g/mol. The summed E-state index contributed by atoms with van der Waals surface area (Å²) in [6.07, 6.45) is -1.54. The first-order valence-corrected chi connectivity index (χ1v) is 8.73. The molecule has 0 saturated carbocycles. The number of carbonyl (C=O) groups is 2. The normalized spacial score (nSPS) is 18.5. The number of aliphatic hydroxyl groups excluding tert-OH is 1. The predicted molar refractivity (Wildman–Crippen MR) is 98.3 cm³/mol. The number of hydrogen-bond donors (Lipinski definition) is 1. The third kappa shape index (κ3) is 3.62. The second-order valence-electron chi connectivity index (χ2n) is 6.06. The lowest BCUT2D eigenvalue weighted by atomic mass is 9.87. The molecule has 2 aromatic rings. The molecular formula is C19H17Cl2NO4. The number of halogens is 2. The van der Waals surface area contributed by atoms with Crippen LogP contribution in [0, 0.1) is 0 Å². The number of rotatable bonds is 5. The van der Waals surface area contributed by atoms with Gasteiger partial charge in [0.15, 0.2) is 11.9 Å². The van der Waals surface area contributed by atoms with Gasteiger partial charge >= 0.3 is 5.97 Å². The Bertz CT molecular complexity index is 762. The van der Waals surface area contributed by atoms with Crippen molar-refractivity contribution in [2.24, 2.45) is 0 Å². The number of methoxy groups -OCH3 is 1. The van der Waals surface area contributed by atoms with E-state index in [0.29, 0.717) is 10.0 Å². The topological polar surface area (TPSA) is 66.8 Å². The highest BCUT2D eigenvalue weighted by atomic mass is 35.5. The van der Waals surface area contributed by atoms with Crippen molar-refractivity contribution in [1.29, 1.82) is 0 Å². The van der Waals surface area contributed by atoms with E-state index in [-0.39, 0.29) is 18.4 Å². The molecule has 1 aliphatic rings. The number of hydrogen-bond acceptors (Lipinski definition) is 5. The van der Waals surface area contributed by atoms with Crippen LogP contribution in [0.1, 0.15) is 17.2 Å². The number of carbonyl (C=O) groups excluding carboxylic acids is 2. The van der Waals surface area contributed by atoms with Gasteiger partial charge in [-0.2, -0.15) is 0 Å². The summed E-state index contributed by atoms with van der Waals surface area (Å²) in [4.78, 5) is 25.6. The minimum atomic E-state index is -1.54. The van der Waals surface area contributed by atoms with Gasteiger partial charge < -0.3 is 9.84 Å². The van der Waals surface area contributed by atoms with Gasteiger partial charge in [0, 0.05) is 10.0 Å². The van der Waals surface area contributed by atoms with Gasteiger partial charge in [-0.3, -0.25) is 9.69 Å². The molecule has 2 atom stereocenters. The lowest BCUT2D eigenvalue weighted by Crippen LogP contribution is -2.65. The average Bonchev–Trinajstić information content (AvgIpc) is 2.63. The van der Waals surface area contributed by atoms with E-state index in [1.54, 1.807) is 29.2 Å². The zero-order valence-corrected chi connectivity index (χ0v) is 15.4. The van der Waals surface area contributed by atoms with Crippen LogP contribution < -0.4 is 0 Å². The number of esters is 1. The van der Waals surface area contributed by atoms with Crippen molar-refractivity contribution in [1.82, 2.24) is 4.90 Å². The molecule has 1 saturated heterocycles. The molecule has 136 valence electrons. The fraction of sp³-hybridized carbons (Fsp3) is 0.263. The van der Waals surface area contributed by atoms with E-state index >= 15 is 0 Å². The Morgan fingerprint density at radius 2 is 1.54 bits per heavy atom. The molecule has 7 heteroatoms. The minimum Gasteiger partial charge on any atom is -0.467 e. The number of ketones is 1. The summed E-state index contributed by atoms with van der Waals surface area (Å²) >= 11 is 12.0. The lowest BCUT2D eigenvalue weighted by Gasteiger charge is -2.46. The summed E-state index contributed by atoms with van der Waals surface area (Å²) < 4.78 is 4.59. The molecule has 0 spiro atoms. The molecule has 3 rings (SSSR count). The molecule has 1 aliphatic heterocycles. The van der Waals surface area contributed by atoms with E-state index in [1.165, 1.54) is 7.11 Å². The zero-order chi connectivity index (χ0) is 18.8. The number of nitrogens with zero attached hydrogens (tertiary/aromatic N) is 1. The quantitative estimate of drug-likeness (QED) is 0.791. The SMILES string of the molecule is COC(=O)C(O)C1C(=O)CN1C(c1ccc(Cl)cc1)c1ccc(Cl)cc1. The maximum absolute atomic E-state index is 12.1. The van der Waals surface area contributed by atoms with Crippen LogP contribution in [0.4, 0.5) is 0 Å². The second kappa shape index (κ2) is 7.76. The molecule has 1 fully saturated rings. The fourth-order valence-corrected chi connectivity index (χ4v) is 3.42. The Labute approximate surface area is 161 Å². The van der Waals surface area contributed by atoms with E-state index in [0.717, 1.165) is 11.1 Å². The molecule has 0 aliphatic carbocycles. The summed E-state index contributed by atoms with van der Waals surface area (Å²) in [5.74, 6) is -1.05. The number of aliphatic hydroxyl groups is 1. The smallest absolute Gasteiger partial charge is 0.336 e. The molecule has 26 heavy (non-hydrogen) atoms. The minimum absolute atomic E-state index is 0.120. The van der Waals surface area contributed by atoms with Crippen LogP contribution in [-0.2, 0) is 14.3 Å². The van der Waals surface area contributed by atoms with Crippen LogP contribution >= 0.6 is 23.2 Å². The molecule has 0 bridgehead atoms. The third-order valence-corrected chi connectivity index (χ3v) is 4.97. The maximum Gasteiger partial charge on any atom is 0.336 e. The largest absolute Gasteiger partial charge is 0.467 e. The van der Waals surface area contributed by atoms with E-state index < -0.39 is 18.1 Å². The molecule has 0 amide bonds. The molecule has 0 aromatic heterocycles. The van der Waals surface area contributed by atoms with E-state index in [1.807, 2.05) is 24.3 Å². The monoisotopic (exact) mass is 393 g/mol. The van der Waals surface area contributed by atoms with Gasteiger partial charge in [-0.05, 0) is 35.4 Å².